The molecule has 1 aromatic heterocycles. The number of amides is 2. The summed E-state index contributed by atoms with van der Waals surface area (Å²) in [7, 11) is 0. The zero-order valence-electron chi connectivity index (χ0n) is 13.2. The maximum absolute atomic E-state index is 14.4. The molecule has 24 heavy (non-hydrogen) atoms. The quantitative estimate of drug-likeness (QED) is 0.927. The second kappa shape index (κ2) is 6.31. The van der Waals surface area contributed by atoms with Gasteiger partial charge >= 0.3 is 6.09 Å². The molecule has 0 radical (unpaired) electrons. The highest BCUT2D eigenvalue weighted by atomic mass is 19.1. The number of anilines is 1. The van der Waals surface area contributed by atoms with Crippen LogP contribution in [0.25, 0.3) is 11.3 Å². The lowest BCUT2D eigenvalue weighted by Crippen LogP contribution is -2.33. The summed E-state index contributed by atoms with van der Waals surface area (Å²) in [6, 6.07) is 6.01. The Hall–Kier alpha value is -2.90. The van der Waals surface area contributed by atoms with Crippen LogP contribution in [-0.4, -0.2) is 36.4 Å². The molecule has 0 saturated carbocycles. The summed E-state index contributed by atoms with van der Waals surface area (Å²) in [6.07, 6.45) is -1.05. The minimum absolute atomic E-state index is 0.206. The molecule has 0 bridgehead atoms. The fourth-order valence-corrected chi connectivity index (χ4v) is 2.46. The number of nitrogens with zero attached hydrogens (tertiary/aromatic N) is 2. The van der Waals surface area contributed by atoms with Gasteiger partial charge in [-0.15, -0.1) is 0 Å². The van der Waals surface area contributed by atoms with Crippen molar-refractivity contribution in [1.82, 2.24) is 10.5 Å². The van der Waals surface area contributed by atoms with E-state index in [1.807, 2.05) is 0 Å². The molecule has 1 aliphatic rings. The van der Waals surface area contributed by atoms with E-state index in [9.17, 15) is 14.0 Å². The standard InChI is InChI=1S/C16H16FN3O4/c1-9-5-15(24-19-9)13-4-3-11(6-14(13)17)20-8-12(23-16(20)22)7-18-10(2)21/h3-6,12H,7-8H2,1-2H3,(H,18,21)/t12-/m0/s1. The van der Waals surface area contributed by atoms with E-state index in [2.05, 4.69) is 10.5 Å². The van der Waals surface area contributed by atoms with Gasteiger partial charge in [0.25, 0.3) is 0 Å². The Balaban J connectivity index is 1.77. The predicted molar refractivity (Wildman–Crippen MR) is 82.9 cm³/mol. The second-order valence-corrected chi connectivity index (χ2v) is 5.55. The predicted octanol–water partition coefficient (Wildman–Crippen LogP) is 2.25. The number of aromatic nitrogens is 1. The molecular weight excluding hydrogens is 317 g/mol. The Labute approximate surface area is 137 Å². The van der Waals surface area contributed by atoms with Crippen LogP contribution < -0.4 is 10.2 Å². The Bertz CT molecular complexity index is 789. The van der Waals surface area contributed by atoms with Crippen molar-refractivity contribution in [1.29, 1.82) is 0 Å². The number of rotatable bonds is 4. The monoisotopic (exact) mass is 333 g/mol. The Morgan fingerprint density at radius 2 is 2.25 bits per heavy atom. The second-order valence-electron chi connectivity index (χ2n) is 5.55. The Morgan fingerprint density at radius 1 is 1.46 bits per heavy atom. The fourth-order valence-electron chi connectivity index (χ4n) is 2.46. The fraction of sp³-hybridized carbons (Fsp3) is 0.312. The lowest BCUT2D eigenvalue weighted by atomic mass is 10.1. The first-order valence-corrected chi connectivity index (χ1v) is 7.40. The molecule has 8 heteroatoms. The van der Waals surface area contributed by atoms with Crippen LogP contribution in [0.2, 0.25) is 0 Å². The number of benzene rings is 1. The number of cyclic esters (lactones) is 1. The average molecular weight is 333 g/mol. The van der Waals surface area contributed by atoms with Crippen molar-refractivity contribution in [3.05, 3.63) is 35.8 Å². The van der Waals surface area contributed by atoms with E-state index in [-0.39, 0.29) is 24.6 Å². The number of ether oxygens (including phenoxy) is 1. The number of carbonyl (C=O) groups is 2. The van der Waals surface area contributed by atoms with Gasteiger partial charge in [-0.2, -0.15) is 0 Å². The molecular formula is C16H16FN3O4. The largest absolute Gasteiger partial charge is 0.442 e. The number of carbonyl (C=O) groups excluding carboxylic acids is 2. The molecule has 1 atom stereocenters. The molecule has 2 amide bonds. The first-order chi connectivity index (χ1) is 11.4. The summed E-state index contributed by atoms with van der Waals surface area (Å²) in [6.45, 7) is 3.58. The topological polar surface area (TPSA) is 84.7 Å². The van der Waals surface area contributed by atoms with Gasteiger partial charge < -0.3 is 14.6 Å². The van der Waals surface area contributed by atoms with E-state index in [1.165, 1.54) is 24.0 Å². The van der Waals surface area contributed by atoms with Gasteiger partial charge in [-0.3, -0.25) is 9.69 Å². The van der Waals surface area contributed by atoms with Gasteiger partial charge in [0.1, 0.15) is 11.9 Å². The number of hydrogen-bond donors (Lipinski definition) is 1. The van der Waals surface area contributed by atoms with E-state index in [0.717, 1.165) is 0 Å². The molecule has 0 aliphatic carbocycles. The van der Waals surface area contributed by atoms with Gasteiger partial charge in [-0.25, -0.2) is 9.18 Å². The first kappa shape index (κ1) is 16.0. The molecule has 1 N–H and O–H groups in total. The van der Waals surface area contributed by atoms with Crippen LogP contribution in [0.5, 0.6) is 0 Å². The van der Waals surface area contributed by atoms with Crippen LogP contribution in [0.1, 0.15) is 12.6 Å². The van der Waals surface area contributed by atoms with Crippen LogP contribution in [0.4, 0.5) is 14.9 Å². The normalized spacial score (nSPS) is 17.0. The van der Waals surface area contributed by atoms with Crippen molar-refractivity contribution in [2.75, 3.05) is 18.0 Å². The van der Waals surface area contributed by atoms with Crippen molar-refractivity contribution >= 4 is 17.7 Å². The van der Waals surface area contributed by atoms with Crippen molar-refractivity contribution in [3.8, 4) is 11.3 Å². The summed E-state index contributed by atoms with van der Waals surface area (Å²) >= 11 is 0. The third-order valence-corrected chi connectivity index (χ3v) is 3.61. The van der Waals surface area contributed by atoms with Crippen molar-refractivity contribution < 1.29 is 23.2 Å². The highest BCUT2D eigenvalue weighted by Crippen LogP contribution is 2.29. The number of aryl methyl sites for hydroxylation is 1. The number of hydrogen-bond acceptors (Lipinski definition) is 5. The third-order valence-electron chi connectivity index (χ3n) is 3.61. The number of nitrogens with one attached hydrogen (secondary N) is 1. The molecule has 3 rings (SSSR count). The van der Waals surface area contributed by atoms with E-state index in [4.69, 9.17) is 9.26 Å². The lowest BCUT2D eigenvalue weighted by Gasteiger charge is -2.14. The van der Waals surface area contributed by atoms with Crippen molar-refractivity contribution in [2.24, 2.45) is 0 Å². The minimum atomic E-state index is -0.576. The van der Waals surface area contributed by atoms with E-state index in [1.54, 1.807) is 19.1 Å². The Kier molecular flexibility index (Phi) is 4.20. The van der Waals surface area contributed by atoms with Crippen LogP contribution in [0.3, 0.4) is 0 Å². The van der Waals surface area contributed by atoms with E-state index < -0.39 is 18.0 Å². The van der Waals surface area contributed by atoms with Gasteiger partial charge in [0.2, 0.25) is 5.91 Å². The highest BCUT2D eigenvalue weighted by molar-refractivity contribution is 5.90. The van der Waals surface area contributed by atoms with E-state index in [0.29, 0.717) is 17.1 Å². The smallest absolute Gasteiger partial charge is 0.414 e. The van der Waals surface area contributed by atoms with Crippen molar-refractivity contribution in [2.45, 2.75) is 20.0 Å². The van der Waals surface area contributed by atoms with Crippen molar-refractivity contribution in [3.63, 3.8) is 0 Å². The molecule has 7 nitrogen and oxygen atoms in total. The SMILES string of the molecule is CC(=O)NC[C@H]1CN(c2ccc(-c3cc(C)no3)c(F)c2)C(=O)O1. The van der Waals surface area contributed by atoms with Gasteiger partial charge in [0.05, 0.1) is 30.0 Å². The highest BCUT2D eigenvalue weighted by Gasteiger charge is 2.32. The molecule has 0 unspecified atom stereocenters. The van der Waals surface area contributed by atoms with Crippen LogP contribution >= 0.6 is 0 Å². The van der Waals surface area contributed by atoms with Gasteiger partial charge in [0, 0.05) is 13.0 Å². The van der Waals surface area contributed by atoms with Crippen LogP contribution in [-0.2, 0) is 9.53 Å². The molecule has 1 saturated heterocycles. The van der Waals surface area contributed by atoms with Crippen LogP contribution in [0, 0.1) is 12.7 Å². The van der Waals surface area contributed by atoms with Gasteiger partial charge in [0.15, 0.2) is 5.76 Å². The summed E-state index contributed by atoms with van der Waals surface area (Å²) < 4.78 is 24.6. The number of halogens is 1. The maximum Gasteiger partial charge on any atom is 0.414 e. The van der Waals surface area contributed by atoms with Gasteiger partial charge in [-0.1, -0.05) is 5.16 Å². The van der Waals surface area contributed by atoms with E-state index >= 15 is 0 Å². The third kappa shape index (κ3) is 3.22. The molecule has 1 aromatic carbocycles. The Morgan fingerprint density at radius 3 is 2.88 bits per heavy atom. The lowest BCUT2D eigenvalue weighted by molar-refractivity contribution is -0.119. The summed E-state index contributed by atoms with van der Waals surface area (Å²) in [5.41, 5.74) is 1.29. The molecule has 2 aromatic rings. The minimum Gasteiger partial charge on any atom is -0.442 e. The molecule has 2 heterocycles. The molecule has 126 valence electrons. The molecule has 0 spiro atoms. The summed E-state index contributed by atoms with van der Waals surface area (Å²) in [4.78, 5) is 24.2. The maximum atomic E-state index is 14.4. The zero-order chi connectivity index (χ0) is 17.3. The summed E-state index contributed by atoms with van der Waals surface area (Å²) in [5, 5.41) is 6.32. The first-order valence-electron chi connectivity index (χ1n) is 7.40. The van der Waals surface area contributed by atoms with Crippen LogP contribution in [0.15, 0.2) is 28.8 Å². The molecule has 1 fully saturated rings. The average Bonchev–Trinajstić information content (AvgIpc) is 3.11. The summed E-state index contributed by atoms with van der Waals surface area (Å²) in [5.74, 6) is -0.409. The molecule has 1 aliphatic heterocycles. The zero-order valence-corrected chi connectivity index (χ0v) is 13.2. The van der Waals surface area contributed by atoms with Gasteiger partial charge in [-0.05, 0) is 25.1 Å².